The van der Waals surface area contributed by atoms with Crippen LogP contribution in [0.25, 0.3) is 100 Å². The molecule has 0 amide bonds. The minimum absolute atomic E-state index is 0.0155. The van der Waals surface area contributed by atoms with E-state index in [1.165, 1.54) is 0 Å². The molecule has 58 heavy (non-hydrogen) atoms. The van der Waals surface area contributed by atoms with E-state index >= 15 is 0 Å². The highest BCUT2D eigenvalue weighted by Gasteiger charge is 2.24. The highest BCUT2D eigenvalue weighted by atomic mass is 15.2. The van der Waals surface area contributed by atoms with E-state index in [-0.39, 0.29) is 39.4 Å². The Hall–Kier alpha value is -8.14. The molecule has 0 fully saturated rings. The Labute approximate surface area is 360 Å². The Morgan fingerprint density at radius 3 is 1.79 bits per heavy atom. The van der Waals surface area contributed by atoms with Gasteiger partial charge in [-0.15, -0.1) is 0 Å². The second-order valence-electron chi connectivity index (χ2n) is 12.9. The molecular formula is C52H32N6. The number of para-hydroxylation sites is 1. The molecule has 0 bridgehead atoms. The van der Waals surface area contributed by atoms with Crippen molar-refractivity contribution in [2.24, 2.45) is 0 Å². The normalized spacial score (nSPS) is 16.0. The number of benzene rings is 8. The summed E-state index contributed by atoms with van der Waals surface area (Å²) in [6.07, 6.45) is 0. The summed E-state index contributed by atoms with van der Waals surface area (Å²) in [5, 5.41) is 8.91. The van der Waals surface area contributed by atoms with Gasteiger partial charge in [-0.05, 0) is 52.5 Å². The summed E-state index contributed by atoms with van der Waals surface area (Å²) >= 11 is 0. The van der Waals surface area contributed by atoms with Crippen LogP contribution in [0.4, 0.5) is 0 Å². The van der Waals surface area contributed by atoms with Crippen molar-refractivity contribution in [3.05, 3.63) is 199 Å². The van der Waals surface area contributed by atoms with E-state index in [4.69, 9.17) is 28.7 Å². The van der Waals surface area contributed by atoms with Gasteiger partial charge in [0.2, 0.25) is 5.95 Å². The monoisotopic (exact) mass is 759 g/mol. The number of fused-ring (bicyclic) bond motifs is 7. The van der Waals surface area contributed by atoms with E-state index in [1.807, 2.05) is 6.07 Å². The molecule has 270 valence electrons. The molecule has 0 saturated carbocycles. The molecule has 0 aliphatic heterocycles. The summed E-state index contributed by atoms with van der Waals surface area (Å²) in [5.74, 6) is -0.324. The number of nitriles is 1. The average molecular weight is 760 g/mol. The number of nitrogens with zero attached hydrogens (tertiary/aromatic N) is 6. The molecule has 3 aromatic heterocycles. The van der Waals surface area contributed by atoms with E-state index in [9.17, 15) is 17.6 Å². The van der Waals surface area contributed by atoms with Crippen molar-refractivity contribution in [3.8, 4) is 62.7 Å². The van der Waals surface area contributed by atoms with Crippen molar-refractivity contribution in [1.29, 1.82) is 5.26 Å². The Kier molecular flexibility index (Phi) is 4.47. The van der Waals surface area contributed by atoms with Crippen LogP contribution in [-0.2, 0) is 0 Å². The minimum atomic E-state index is -0.956. The molecule has 0 spiro atoms. The predicted octanol–water partition coefficient (Wildman–Crippen LogP) is 12.6. The first-order chi connectivity index (χ1) is 36.6. The smallest absolute Gasteiger partial charge is 0.238 e. The van der Waals surface area contributed by atoms with Crippen LogP contribution in [-0.4, -0.2) is 24.1 Å². The van der Waals surface area contributed by atoms with Gasteiger partial charge in [0, 0.05) is 38.4 Å². The predicted molar refractivity (Wildman–Crippen MR) is 235 cm³/mol. The van der Waals surface area contributed by atoms with E-state index in [2.05, 4.69) is 0 Å². The quantitative estimate of drug-likeness (QED) is 0.169. The summed E-state index contributed by atoms with van der Waals surface area (Å²) in [5.41, 5.74) is -2.02. The fraction of sp³-hybridized carbons (Fsp3) is 0. The first kappa shape index (κ1) is 19.1. The van der Waals surface area contributed by atoms with Crippen LogP contribution < -0.4 is 0 Å². The van der Waals surface area contributed by atoms with Gasteiger partial charge in [0.05, 0.1) is 59.7 Å². The number of aromatic nitrogens is 5. The van der Waals surface area contributed by atoms with E-state index in [0.717, 1.165) is 20.3 Å². The Morgan fingerprint density at radius 1 is 0.431 bits per heavy atom. The number of hydrogen-bond donors (Lipinski definition) is 0. The molecule has 0 saturated heterocycles. The highest BCUT2D eigenvalue weighted by Crippen LogP contribution is 2.42. The third-order valence-corrected chi connectivity index (χ3v) is 9.61. The minimum Gasteiger partial charge on any atom is -0.307 e. The number of hydrogen-bond acceptors (Lipinski definition) is 4. The summed E-state index contributed by atoms with van der Waals surface area (Å²) in [7, 11) is 0. The SMILES string of the molecule is [2H]c1ccc(-c2ccc(-c3nc(-c4ccccc4)nc(-n4c5c([2H])c(C#N)c([2H])c([2H])c5c5c([2H])c([2H])c6c7c([2H])c([2H])c([2H])c([2H])c7n(-c7c([2H])c([2H])c([2H])c(-c8c([2H])c([2H])c([2H])c([2H])c8[2H])c7[2H])c6c54)n3)cc2)cc1. The standard InChI is InChI=1S/C52H32N6/c53-33-34-23-28-43-45-30-29-44-42-21-10-11-22-46(42)57(41-20-12-19-40(32-41)36-15-6-2-7-16-36)48(44)49(45)58(47(43)31-34)52-55-50(38-17-8-3-9-18-38)54-51(56-52)39-26-24-37(25-27-39)35-13-4-1-5-14-35/h1-32H/i1D,2D,6D,7D,10D,11D,12D,15D,16D,19D,20D,21D,22D,23D,28D,29D,30D,31D,32D. The summed E-state index contributed by atoms with van der Waals surface area (Å²) in [6.45, 7) is 0. The number of rotatable bonds is 6. The molecule has 3 heterocycles. The Morgan fingerprint density at radius 2 is 1.03 bits per heavy atom. The molecular weight excluding hydrogens is 709 g/mol. The lowest BCUT2D eigenvalue weighted by atomic mass is 10.0. The molecule has 0 N–H and O–H groups in total. The van der Waals surface area contributed by atoms with E-state index in [1.54, 1.807) is 78.9 Å². The summed E-state index contributed by atoms with van der Waals surface area (Å²) in [4.78, 5) is 14.7. The summed E-state index contributed by atoms with van der Waals surface area (Å²) < 4.78 is 175. The molecule has 8 aromatic carbocycles. The lowest BCUT2D eigenvalue weighted by Gasteiger charge is -2.14. The van der Waals surface area contributed by atoms with Gasteiger partial charge in [0.15, 0.2) is 11.6 Å². The molecule has 6 nitrogen and oxygen atoms in total. The fourth-order valence-corrected chi connectivity index (χ4v) is 7.03. The van der Waals surface area contributed by atoms with Gasteiger partial charge in [0.1, 0.15) is 0 Å². The second kappa shape index (κ2) is 13.6. The van der Waals surface area contributed by atoms with E-state index < -0.39 is 153 Å². The molecule has 0 atom stereocenters. The molecule has 0 unspecified atom stereocenters. The molecule has 6 heteroatoms. The maximum absolute atomic E-state index is 10.5. The van der Waals surface area contributed by atoms with Gasteiger partial charge in [-0.25, -0.2) is 4.98 Å². The van der Waals surface area contributed by atoms with Crippen molar-refractivity contribution in [1.82, 2.24) is 24.1 Å². The average Bonchev–Trinajstić information content (AvgIpc) is 4.05. The topological polar surface area (TPSA) is 72.3 Å². The van der Waals surface area contributed by atoms with Crippen molar-refractivity contribution >= 4 is 43.6 Å². The maximum atomic E-state index is 10.5. The van der Waals surface area contributed by atoms with Crippen molar-refractivity contribution in [2.45, 2.75) is 0 Å². The zero-order chi connectivity index (χ0) is 55.1. The maximum Gasteiger partial charge on any atom is 0.238 e. The van der Waals surface area contributed by atoms with Crippen LogP contribution in [0.2, 0.25) is 0 Å². The van der Waals surface area contributed by atoms with Gasteiger partial charge in [-0.1, -0.05) is 163 Å². The van der Waals surface area contributed by atoms with Gasteiger partial charge < -0.3 is 4.57 Å². The zero-order valence-electron chi connectivity index (χ0n) is 48.7. The third kappa shape index (κ3) is 5.45. The van der Waals surface area contributed by atoms with Crippen molar-refractivity contribution in [2.75, 3.05) is 0 Å². The van der Waals surface area contributed by atoms with Crippen molar-refractivity contribution in [3.63, 3.8) is 0 Å². The van der Waals surface area contributed by atoms with Crippen LogP contribution >= 0.6 is 0 Å². The molecule has 0 aliphatic carbocycles. The van der Waals surface area contributed by atoms with Gasteiger partial charge >= 0.3 is 0 Å². The highest BCUT2D eigenvalue weighted by molar-refractivity contribution is 6.23. The van der Waals surface area contributed by atoms with Gasteiger partial charge in [-0.3, -0.25) is 4.57 Å². The van der Waals surface area contributed by atoms with Crippen LogP contribution in [0.1, 0.15) is 31.6 Å². The first-order valence-corrected chi connectivity index (χ1v) is 17.7. The van der Waals surface area contributed by atoms with Crippen molar-refractivity contribution < 1.29 is 26.0 Å². The molecule has 0 aliphatic rings. The second-order valence-corrected chi connectivity index (χ2v) is 12.9. The van der Waals surface area contributed by atoms with Gasteiger partial charge in [0.25, 0.3) is 0 Å². The fourth-order valence-electron chi connectivity index (χ4n) is 7.03. The summed E-state index contributed by atoms with van der Waals surface area (Å²) in [6, 6.07) is 9.86. The lowest BCUT2D eigenvalue weighted by molar-refractivity contribution is 0.953. The van der Waals surface area contributed by atoms with Crippen LogP contribution in [0, 0.1) is 11.3 Å². The Bertz CT molecular complexity index is 4470. The van der Waals surface area contributed by atoms with E-state index in [0.29, 0.717) is 17.2 Å². The first-order valence-electron chi connectivity index (χ1n) is 27.2. The van der Waals surface area contributed by atoms with Crippen LogP contribution in [0.5, 0.6) is 0 Å². The van der Waals surface area contributed by atoms with Gasteiger partial charge in [-0.2, -0.15) is 15.2 Å². The lowest BCUT2D eigenvalue weighted by Crippen LogP contribution is -2.07. The molecule has 11 rings (SSSR count). The Balaban J connectivity index is 1.40. The largest absolute Gasteiger partial charge is 0.307 e. The molecule has 11 aromatic rings. The van der Waals surface area contributed by atoms with Crippen LogP contribution in [0.3, 0.4) is 0 Å². The van der Waals surface area contributed by atoms with Crippen LogP contribution in [0.15, 0.2) is 194 Å². The third-order valence-electron chi connectivity index (χ3n) is 9.61. The molecule has 0 radical (unpaired) electrons. The zero-order valence-corrected chi connectivity index (χ0v) is 29.7.